The molecule has 1 N–H and O–H groups in total. The monoisotopic (exact) mass is 202 g/mol. The van der Waals surface area contributed by atoms with Gasteiger partial charge in [0.15, 0.2) is 0 Å². The number of nitrogens with one attached hydrogen (secondary N) is 1. The summed E-state index contributed by atoms with van der Waals surface area (Å²) in [5, 5.41) is 12.1. The van der Waals surface area contributed by atoms with E-state index in [-0.39, 0.29) is 6.04 Å². The Bertz CT molecular complexity index is 341. The fourth-order valence-electron chi connectivity index (χ4n) is 1.68. The second kappa shape index (κ2) is 5.41. The van der Waals surface area contributed by atoms with Gasteiger partial charge >= 0.3 is 0 Å². The Hall–Kier alpha value is -1.49. The van der Waals surface area contributed by atoms with E-state index in [1.165, 1.54) is 11.1 Å². The minimum atomic E-state index is -0.136. The molecule has 0 amide bonds. The normalized spacial score (nSPS) is 11.9. The van der Waals surface area contributed by atoms with Gasteiger partial charge in [0.05, 0.1) is 6.07 Å². The van der Waals surface area contributed by atoms with E-state index in [1.807, 2.05) is 6.92 Å². The molecule has 1 atom stereocenters. The lowest BCUT2D eigenvalue weighted by Crippen LogP contribution is -2.15. The summed E-state index contributed by atoms with van der Waals surface area (Å²) in [5.74, 6) is 0. The molecular formula is C13H18N2. The predicted octanol–water partition coefficient (Wildman–Crippen LogP) is 3.14. The number of para-hydroxylation sites is 1. The lowest BCUT2D eigenvalue weighted by molar-refractivity contribution is 0.979. The fraction of sp³-hybridized carbons (Fsp3) is 0.462. The van der Waals surface area contributed by atoms with Crippen molar-refractivity contribution in [2.75, 3.05) is 5.32 Å². The zero-order chi connectivity index (χ0) is 11.3. The zero-order valence-electron chi connectivity index (χ0n) is 9.67. The van der Waals surface area contributed by atoms with Crippen molar-refractivity contribution in [3.8, 4) is 6.07 Å². The van der Waals surface area contributed by atoms with Crippen LogP contribution < -0.4 is 5.32 Å². The molecule has 1 aromatic carbocycles. The Balaban J connectivity index is 3.06. The van der Waals surface area contributed by atoms with Crippen molar-refractivity contribution in [2.45, 2.75) is 39.7 Å². The molecule has 0 saturated heterocycles. The van der Waals surface area contributed by atoms with E-state index in [0.29, 0.717) is 0 Å². The molecule has 0 radical (unpaired) electrons. The van der Waals surface area contributed by atoms with Crippen LogP contribution in [0.4, 0.5) is 5.69 Å². The number of hydrogen-bond donors (Lipinski definition) is 1. The maximum absolute atomic E-state index is 8.81. The highest BCUT2D eigenvalue weighted by Gasteiger charge is 2.08. The molecule has 0 aliphatic carbocycles. The van der Waals surface area contributed by atoms with Gasteiger partial charge in [0, 0.05) is 5.69 Å². The van der Waals surface area contributed by atoms with Crippen molar-refractivity contribution in [1.82, 2.24) is 0 Å². The minimum absolute atomic E-state index is 0.136. The molecule has 2 nitrogen and oxygen atoms in total. The van der Waals surface area contributed by atoms with Crippen molar-refractivity contribution in [3.05, 3.63) is 29.3 Å². The van der Waals surface area contributed by atoms with Crippen molar-refractivity contribution in [3.63, 3.8) is 0 Å². The van der Waals surface area contributed by atoms with Crippen LogP contribution >= 0.6 is 0 Å². The maximum Gasteiger partial charge on any atom is 0.111 e. The summed E-state index contributed by atoms with van der Waals surface area (Å²) in [5.41, 5.74) is 3.73. The first-order chi connectivity index (χ1) is 7.22. The third-order valence-corrected chi connectivity index (χ3v) is 2.55. The van der Waals surface area contributed by atoms with Gasteiger partial charge in [-0.3, -0.25) is 0 Å². The molecule has 0 bridgehead atoms. The molecule has 1 unspecified atom stereocenters. The quantitative estimate of drug-likeness (QED) is 0.814. The number of rotatable bonds is 4. The van der Waals surface area contributed by atoms with Crippen molar-refractivity contribution >= 4 is 5.69 Å². The average molecular weight is 202 g/mol. The summed E-state index contributed by atoms with van der Waals surface area (Å²) in [6, 6.07) is 8.39. The van der Waals surface area contributed by atoms with Crippen LogP contribution in [0.2, 0.25) is 0 Å². The number of nitriles is 1. The largest absolute Gasteiger partial charge is 0.370 e. The highest BCUT2D eigenvalue weighted by Crippen LogP contribution is 2.23. The molecule has 1 rings (SSSR count). The molecule has 2 heteroatoms. The summed E-state index contributed by atoms with van der Waals surface area (Å²) in [7, 11) is 0. The first kappa shape index (κ1) is 11.6. The van der Waals surface area contributed by atoms with Gasteiger partial charge in [-0.05, 0) is 30.9 Å². The smallest absolute Gasteiger partial charge is 0.111 e. The number of aryl methyl sites for hydroxylation is 2. The van der Waals surface area contributed by atoms with E-state index < -0.39 is 0 Å². The van der Waals surface area contributed by atoms with Crippen LogP contribution in [-0.4, -0.2) is 6.04 Å². The molecule has 0 heterocycles. The Labute approximate surface area is 91.9 Å². The Morgan fingerprint density at radius 1 is 1.27 bits per heavy atom. The van der Waals surface area contributed by atoms with Gasteiger partial charge in [-0.2, -0.15) is 5.26 Å². The first-order valence-electron chi connectivity index (χ1n) is 5.49. The second-order valence-electron chi connectivity index (χ2n) is 3.65. The van der Waals surface area contributed by atoms with E-state index in [0.717, 1.165) is 18.5 Å². The number of benzene rings is 1. The summed E-state index contributed by atoms with van der Waals surface area (Å²) in [6.07, 6.45) is 1.99. The molecule has 0 aliphatic rings. The third kappa shape index (κ3) is 2.73. The predicted molar refractivity (Wildman–Crippen MR) is 63.9 cm³/mol. The van der Waals surface area contributed by atoms with Gasteiger partial charge < -0.3 is 5.32 Å². The van der Waals surface area contributed by atoms with Crippen LogP contribution in [0.1, 0.15) is 31.9 Å². The minimum Gasteiger partial charge on any atom is -0.370 e. The standard InChI is InChI=1S/C13H18N2/c1-4-11-7-6-8-12(5-2)13(11)15-10(3)9-14/h6-8,10,15H,4-5H2,1-3H3. The van der Waals surface area contributed by atoms with Crippen molar-refractivity contribution < 1.29 is 0 Å². The SMILES string of the molecule is CCc1cccc(CC)c1NC(C)C#N. The Kier molecular flexibility index (Phi) is 4.17. The molecule has 0 aromatic heterocycles. The van der Waals surface area contributed by atoms with Crippen LogP contribution in [-0.2, 0) is 12.8 Å². The first-order valence-corrected chi connectivity index (χ1v) is 5.49. The van der Waals surface area contributed by atoms with E-state index in [1.54, 1.807) is 0 Å². The molecule has 0 fully saturated rings. The highest BCUT2D eigenvalue weighted by atomic mass is 14.9. The zero-order valence-corrected chi connectivity index (χ0v) is 9.67. The summed E-state index contributed by atoms with van der Waals surface area (Å²) in [6.45, 7) is 6.15. The lowest BCUT2D eigenvalue weighted by atomic mass is 10.0. The summed E-state index contributed by atoms with van der Waals surface area (Å²) < 4.78 is 0. The third-order valence-electron chi connectivity index (χ3n) is 2.55. The summed E-state index contributed by atoms with van der Waals surface area (Å²) >= 11 is 0. The molecule has 80 valence electrons. The van der Waals surface area contributed by atoms with Crippen molar-refractivity contribution in [1.29, 1.82) is 5.26 Å². The Morgan fingerprint density at radius 2 is 1.80 bits per heavy atom. The Morgan fingerprint density at radius 3 is 2.20 bits per heavy atom. The summed E-state index contributed by atoms with van der Waals surface area (Å²) in [4.78, 5) is 0. The van der Waals surface area contributed by atoms with E-state index in [9.17, 15) is 0 Å². The number of nitrogens with zero attached hydrogens (tertiary/aromatic N) is 1. The van der Waals surface area contributed by atoms with Gasteiger partial charge in [-0.25, -0.2) is 0 Å². The average Bonchev–Trinajstić information content (AvgIpc) is 2.29. The highest BCUT2D eigenvalue weighted by molar-refractivity contribution is 5.59. The lowest BCUT2D eigenvalue weighted by Gasteiger charge is -2.16. The van der Waals surface area contributed by atoms with Gasteiger partial charge in [-0.15, -0.1) is 0 Å². The van der Waals surface area contributed by atoms with E-state index in [2.05, 4.69) is 43.4 Å². The van der Waals surface area contributed by atoms with Gasteiger partial charge in [-0.1, -0.05) is 32.0 Å². The van der Waals surface area contributed by atoms with Crippen molar-refractivity contribution in [2.24, 2.45) is 0 Å². The molecular weight excluding hydrogens is 184 g/mol. The molecule has 0 saturated carbocycles. The van der Waals surface area contributed by atoms with Gasteiger partial charge in [0.2, 0.25) is 0 Å². The van der Waals surface area contributed by atoms with E-state index in [4.69, 9.17) is 5.26 Å². The van der Waals surface area contributed by atoms with Crippen LogP contribution in [0.3, 0.4) is 0 Å². The second-order valence-corrected chi connectivity index (χ2v) is 3.65. The topological polar surface area (TPSA) is 35.8 Å². The number of hydrogen-bond acceptors (Lipinski definition) is 2. The van der Waals surface area contributed by atoms with Crippen LogP contribution in [0.25, 0.3) is 0 Å². The fourth-order valence-corrected chi connectivity index (χ4v) is 1.68. The maximum atomic E-state index is 8.81. The number of anilines is 1. The molecule has 15 heavy (non-hydrogen) atoms. The van der Waals surface area contributed by atoms with Crippen LogP contribution in [0.15, 0.2) is 18.2 Å². The van der Waals surface area contributed by atoms with Gasteiger partial charge in [0.25, 0.3) is 0 Å². The van der Waals surface area contributed by atoms with Crippen LogP contribution in [0.5, 0.6) is 0 Å². The van der Waals surface area contributed by atoms with E-state index >= 15 is 0 Å². The molecule has 0 aliphatic heterocycles. The van der Waals surface area contributed by atoms with Crippen LogP contribution in [0, 0.1) is 11.3 Å². The molecule has 0 spiro atoms. The molecule has 1 aromatic rings. The van der Waals surface area contributed by atoms with Gasteiger partial charge in [0.1, 0.15) is 6.04 Å².